The van der Waals surface area contributed by atoms with Crippen LogP contribution in [0.2, 0.25) is 0 Å². The summed E-state index contributed by atoms with van der Waals surface area (Å²) in [6, 6.07) is 11.9. The van der Waals surface area contributed by atoms with Gasteiger partial charge in [0.1, 0.15) is 5.54 Å². The summed E-state index contributed by atoms with van der Waals surface area (Å²) in [5, 5.41) is 9.46. The molecule has 1 aromatic rings. The van der Waals surface area contributed by atoms with Crippen LogP contribution in [0.1, 0.15) is 18.9 Å². The summed E-state index contributed by atoms with van der Waals surface area (Å²) in [7, 11) is 0. The average Bonchev–Trinajstić information content (AvgIpc) is 2.48. The molecule has 0 bridgehead atoms. The van der Waals surface area contributed by atoms with Gasteiger partial charge in [-0.3, -0.25) is 4.90 Å². The zero-order valence-electron chi connectivity index (χ0n) is 11.4. The van der Waals surface area contributed by atoms with Gasteiger partial charge in [-0.25, -0.2) is 0 Å². The van der Waals surface area contributed by atoms with Crippen LogP contribution in [-0.4, -0.2) is 37.2 Å². The molecule has 1 aromatic carbocycles. The Morgan fingerprint density at radius 1 is 1.47 bits per heavy atom. The van der Waals surface area contributed by atoms with E-state index in [9.17, 15) is 5.26 Å². The molecular weight excluding hydrogens is 238 g/mol. The molecule has 2 rings (SSSR count). The van der Waals surface area contributed by atoms with Gasteiger partial charge in [-0.05, 0) is 12.0 Å². The number of nitriles is 1. The van der Waals surface area contributed by atoms with Gasteiger partial charge in [0.25, 0.3) is 0 Å². The number of nitrogens with zero attached hydrogens (tertiary/aromatic N) is 2. The van der Waals surface area contributed by atoms with Crippen LogP contribution in [0.4, 0.5) is 0 Å². The predicted octanol–water partition coefficient (Wildman–Crippen LogP) is 1.47. The molecule has 4 nitrogen and oxygen atoms in total. The van der Waals surface area contributed by atoms with Crippen molar-refractivity contribution in [1.29, 1.82) is 5.26 Å². The highest BCUT2D eigenvalue weighted by Gasteiger charge is 2.31. The first-order valence-corrected chi connectivity index (χ1v) is 6.77. The van der Waals surface area contributed by atoms with Crippen LogP contribution < -0.4 is 5.73 Å². The van der Waals surface area contributed by atoms with Crippen molar-refractivity contribution in [2.45, 2.75) is 25.0 Å². The molecule has 1 aliphatic rings. The van der Waals surface area contributed by atoms with Crippen LogP contribution in [-0.2, 0) is 10.3 Å². The largest absolute Gasteiger partial charge is 0.376 e. The molecule has 0 radical (unpaired) electrons. The predicted molar refractivity (Wildman–Crippen MR) is 74.4 cm³/mol. The van der Waals surface area contributed by atoms with Crippen molar-refractivity contribution in [1.82, 2.24) is 4.90 Å². The summed E-state index contributed by atoms with van der Waals surface area (Å²) in [4.78, 5) is 2.23. The SMILES string of the molecule is CCC1CN(CC(N)(C#N)c2ccccc2)CCO1. The maximum Gasteiger partial charge on any atom is 0.142 e. The quantitative estimate of drug-likeness (QED) is 0.889. The Bertz CT molecular complexity index is 442. The Morgan fingerprint density at radius 3 is 2.84 bits per heavy atom. The third-order valence-electron chi connectivity index (χ3n) is 3.64. The van der Waals surface area contributed by atoms with E-state index in [0.717, 1.165) is 31.7 Å². The second-order valence-electron chi connectivity index (χ2n) is 5.09. The van der Waals surface area contributed by atoms with E-state index in [4.69, 9.17) is 10.5 Å². The van der Waals surface area contributed by atoms with Crippen molar-refractivity contribution in [3.05, 3.63) is 35.9 Å². The fourth-order valence-electron chi connectivity index (χ4n) is 2.45. The standard InChI is InChI=1S/C15H21N3O/c1-2-14-10-18(8-9-19-14)12-15(17,11-16)13-6-4-3-5-7-13/h3-7,14H,2,8-10,12,17H2,1H3. The molecule has 1 heterocycles. The lowest BCUT2D eigenvalue weighted by atomic mass is 9.91. The van der Waals surface area contributed by atoms with Crippen molar-refractivity contribution in [3.8, 4) is 6.07 Å². The first kappa shape index (κ1) is 14.0. The average molecular weight is 259 g/mol. The third-order valence-corrected chi connectivity index (χ3v) is 3.64. The van der Waals surface area contributed by atoms with E-state index in [0.29, 0.717) is 6.54 Å². The van der Waals surface area contributed by atoms with E-state index in [1.165, 1.54) is 0 Å². The first-order chi connectivity index (χ1) is 9.18. The molecule has 2 atom stereocenters. The highest BCUT2D eigenvalue weighted by Crippen LogP contribution is 2.20. The monoisotopic (exact) mass is 259 g/mol. The molecule has 1 saturated heterocycles. The van der Waals surface area contributed by atoms with Crippen molar-refractivity contribution in [2.75, 3.05) is 26.2 Å². The Hall–Kier alpha value is -1.41. The number of hydrogen-bond acceptors (Lipinski definition) is 4. The molecule has 0 aromatic heterocycles. The summed E-state index contributed by atoms with van der Waals surface area (Å²) in [6.07, 6.45) is 1.25. The minimum atomic E-state index is -0.948. The lowest BCUT2D eigenvalue weighted by Gasteiger charge is -2.36. The van der Waals surface area contributed by atoms with E-state index in [2.05, 4.69) is 17.9 Å². The Balaban J connectivity index is 2.09. The van der Waals surface area contributed by atoms with Gasteiger partial charge in [-0.1, -0.05) is 37.3 Å². The summed E-state index contributed by atoms with van der Waals surface area (Å²) in [6.45, 7) is 5.07. The van der Waals surface area contributed by atoms with Crippen LogP contribution in [0.5, 0.6) is 0 Å². The number of ether oxygens (including phenoxy) is 1. The van der Waals surface area contributed by atoms with Gasteiger partial charge in [0.2, 0.25) is 0 Å². The van der Waals surface area contributed by atoms with Crippen LogP contribution in [0.25, 0.3) is 0 Å². The van der Waals surface area contributed by atoms with Gasteiger partial charge in [0.15, 0.2) is 0 Å². The van der Waals surface area contributed by atoms with Crippen LogP contribution in [0, 0.1) is 11.3 Å². The normalized spacial score (nSPS) is 23.5. The summed E-state index contributed by atoms with van der Waals surface area (Å²) in [5.74, 6) is 0. The van der Waals surface area contributed by atoms with Gasteiger partial charge in [0.05, 0.1) is 18.8 Å². The Kier molecular flexibility index (Phi) is 4.54. The van der Waals surface area contributed by atoms with Gasteiger partial charge < -0.3 is 10.5 Å². The molecule has 1 aliphatic heterocycles. The topological polar surface area (TPSA) is 62.3 Å². The smallest absolute Gasteiger partial charge is 0.142 e. The van der Waals surface area contributed by atoms with E-state index in [1.54, 1.807) is 0 Å². The molecule has 0 amide bonds. The van der Waals surface area contributed by atoms with E-state index in [-0.39, 0.29) is 6.10 Å². The van der Waals surface area contributed by atoms with E-state index < -0.39 is 5.54 Å². The lowest BCUT2D eigenvalue weighted by molar-refractivity contribution is -0.0337. The van der Waals surface area contributed by atoms with Gasteiger partial charge in [-0.15, -0.1) is 0 Å². The maximum atomic E-state index is 9.46. The van der Waals surface area contributed by atoms with Crippen molar-refractivity contribution in [3.63, 3.8) is 0 Å². The zero-order chi connectivity index (χ0) is 13.7. The molecule has 102 valence electrons. The number of rotatable bonds is 4. The first-order valence-electron chi connectivity index (χ1n) is 6.77. The number of hydrogen-bond donors (Lipinski definition) is 1. The van der Waals surface area contributed by atoms with Crippen molar-refractivity contribution in [2.24, 2.45) is 5.73 Å². The summed E-state index contributed by atoms with van der Waals surface area (Å²) in [5.41, 5.74) is 6.22. The molecule has 19 heavy (non-hydrogen) atoms. The Labute approximate surface area is 114 Å². The van der Waals surface area contributed by atoms with Gasteiger partial charge in [-0.2, -0.15) is 5.26 Å². The maximum absolute atomic E-state index is 9.46. The van der Waals surface area contributed by atoms with Gasteiger partial charge >= 0.3 is 0 Å². The zero-order valence-corrected chi connectivity index (χ0v) is 11.4. The molecule has 0 saturated carbocycles. The molecule has 0 spiro atoms. The van der Waals surface area contributed by atoms with Crippen LogP contribution in [0.15, 0.2) is 30.3 Å². The lowest BCUT2D eigenvalue weighted by Crippen LogP contribution is -2.52. The van der Waals surface area contributed by atoms with Gasteiger partial charge in [0, 0.05) is 19.6 Å². The summed E-state index contributed by atoms with van der Waals surface area (Å²) < 4.78 is 5.65. The van der Waals surface area contributed by atoms with Crippen molar-refractivity contribution < 1.29 is 4.74 Å². The second-order valence-corrected chi connectivity index (χ2v) is 5.09. The summed E-state index contributed by atoms with van der Waals surface area (Å²) >= 11 is 0. The number of benzene rings is 1. The highest BCUT2D eigenvalue weighted by molar-refractivity contribution is 5.31. The number of morpholine rings is 1. The molecule has 2 unspecified atom stereocenters. The highest BCUT2D eigenvalue weighted by atomic mass is 16.5. The molecule has 4 heteroatoms. The fourth-order valence-corrected chi connectivity index (χ4v) is 2.45. The fraction of sp³-hybridized carbons (Fsp3) is 0.533. The van der Waals surface area contributed by atoms with E-state index >= 15 is 0 Å². The molecule has 0 aliphatic carbocycles. The van der Waals surface area contributed by atoms with Crippen LogP contribution >= 0.6 is 0 Å². The van der Waals surface area contributed by atoms with Crippen LogP contribution in [0.3, 0.4) is 0 Å². The van der Waals surface area contributed by atoms with E-state index in [1.807, 2.05) is 30.3 Å². The second kappa shape index (κ2) is 6.16. The molecule has 1 fully saturated rings. The molecular formula is C15H21N3O. The number of nitrogens with two attached hydrogens (primary N) is 1. The molecule has 2 N–H and O–H groups in total. The minimum Gasteiger partial charge on any atom is -0.376 e. The Morgan fingerprint density at radius 2 is 2.21 bits per heavy atom. The minimum absolute atomic E-state index is 0.257. The van der Waals surface area contributed by atoms with Crippen molar-refractivity contribution >= 4 is 0 Å². The third kappa shape index (κ3) is 3.32.